The van der Waals surface area contributed by atoms with Crippen LogP contribution in [0, 0.1) is 19.8 Å². The van der Waals surface area contributed by atoms with Crippen LogP contribution in [0.2, 0.25) is 0 Å². The lowest BCUT2D eigenvalue weighted by Gasteiger charge is -2.27. The van der Waals surface area contributed by atoms with Gasteiger partial charge in [-0.15, -0.1) is 0 Å². The fourth-order valence-electron chi connectivity index (χ4n) is 2.98. The number of hydrogen-bond acceptors (Lipinski definition) is 2. The molecule has 3 nitrogen and oxygen atoms in total. The number of aliphatic carboxylic acids is 1. The molecule has 1 heterocycles. The summed E-state index contributed by atoms with van der Waals surface area (Å²) in [6, 6.07) is 4.16. The van der Waals surface area contributed by atoms with Gasteiger partial charge in [0.2, 0.25) is 0 Å². The SMILES string of the molecule is Cc1cc2c(cc1C)C1(CCO2)CC1C(=O)O. The van der Waals surface area contributed by atoms with Crippen LogP contribution in [0.25, 0.3) is 0 Å². The topological polar surface area (TPSA) is 46.5 Å². The minimum Gasteiger partial charge on any atom is -0.493 e. The largest absolute Gasteiger partial charge is 0.493 e. The molecule has 0 amide bonds. The first-order valence-electron chi connectivity index (χ1n) is 6.02. The Morgan fingerprint density at radius 3 is 2.76 bits per heavy atom. The molecular weight excluding hydrogens is 216 g/mol. The molecule has 2 atom stereocenters. The van der Waals surface area contributed by atoms with Crippen molar-refractivity contribution in [3.63, 3.8) is 0 Å². The van der Waals surface area contributed by atoms with Crippen molar-refractivity contribution in [2.45, 2.75) is 32.1 Å². The molecule has 1 aromatic rings. The van der Waals surface area contributed by atoms with Gasteiger partial charge in [0.1, 0.15) is 5.75 Å². The van der Waals surface area contributed by atoms with E-state index in [9.17, 15) is 9.90 Å². The van der Waals surface area contributed by atoms with E-state index in [0.29, 0.717) is 6.61 Å². The minimum atomic E-state index is -0.670. The van der Waals surface area contributed by atoms with Crippen molar-refractivity contribution in [1.29, 1.82) is 0 Å². The third-order valence-electron chi connectivity index (χ3n) is 4.31. The smallest absolute Gasteiger partial charge is 0.307 e. The Morgan fingerprint density at radius 1 is 1.41 bits per heavy atom. The molecule has 17 heavy (non-hydrogen) atoms. The minimum absolute atomic E-state index is 0.141. The van der Waals surface area contributed by atoms with Crippen LogP contribution in [0.1, 0.15) is 29.5 Å². The molecule has 1 saturated carbocycles. The van der Waals surface area contributed by atoms with Gasteiger partial charge >= 0.3 is 5.97 Å². The highest BCUT2D eigenvalue weighted by molar-refractivity contribution is 5.78. The van der Waals surface area contributed by atoms with E-state index in [4.69, 9.17) is 4.74 Å². The van der Waals surface area contributed by atoms with Gasteiger partial charge < -0.3 is 9.84 Å². The van der Waals surface area contributed by atoms with E-state index < -0.39 is 5.97 Å². The summed E-state index contributed by atoms with van der Waals surface area (Å²) in [7, 11) is 0. The predicted molar refractivity (Wildman–Crippen MR) is 63.4 cm³/mol. The maximum Gasteiger partial charge on any atom is 0.307 e. The monoisotopic (exact) mass is 232 g/mol. The standard InChI is InChI=1S/C14H16O3/c1-8-5-10-12(6-9(8)2)17-4-3-14(10)7-11(14)13(15)16/h5-6,11H,3-4,7H2,1-2H3,(H,15,16). The van der Waals surface area contributed by atoms with Gasteiger partial charge in [-0.3, -0.25) is 4.79 Å². The zero-order valence-corrected chi connectivity index (χ0v) is 10.1. The third-order valence-corrected chi connectivity index (χ3v) is 4.31. The number of ether oxygens (including phenoxy) is 1. The molecule has 1 spiro atoms. The molecule has 1 aromatic carbocycles. The van der Waals surface area contributed by atoms with Crippen LogP contribution in [0.5, 0.6) is 5.75 Å². The fourth-order valence-corrected chi connectivity index (χ4v) is 2.98. The second-order valence-electron chi connectivity index (χ2n) is 5.28. The van der Waals surface area contributed by atoms with Gasteiger partial charge in [-0.1, -0.05) is 6.07 Å². The van der Waals surface area contributed by atoms with Gasteiger partial charge in [-0.2, -0.15) is 0 Å². The molecule has 3 heteroatoms. The van der Waals surface area contributed by atoms with Crippen molar-refractivity contribution in [1.82, 2.24) is 0 Å². The molecular formula is C14H16O3. The summed E-state index contributed by atoms with van der Waals surface area (Å²) in [5, 5.41) is 9.18. The molecule has 3 rings (SSSR count). The van der Waals surface area contributed by atoms with E-state index in [1.807, 2.05) is 6.07 Å². The Morgan fingerprint density at radius 2 is 2.12 bits per heavy atom. The summed E-state index contributed by atoms with van der Waals surface area (Å²) >= 11 is 0. The molecule has 0 saturated heterocycles. The van der Waals surface area contributed by atoms with E-state index >= 15 is 0 Å². The van der Waals surface area contributed by atoms with E-state index in [1.54, 1.807) is 0 Å². The number of carboxylic acids is 1. The Bertz CT molecular complexity index is 506. The van der Waals surface area contributed by atoms with Crippen LogP contribution in [-0.2, 0) is 10.2 Å². The average molecular weight is 232 g/mol. The lowest BCUT2D eigenvalue weighted by Crippen LogP contribution is -2.24. The number of fused-ring (bicyclic) bond motifs is 2. The first-order valence-corrected chi connectivity index (χ1v) is 6.02. The van der Waals surface area contributed by atoms with E-state index in [0.717, 1.165) is 24.2 Å². The van der Waals surface area contributed by atoms with Crippen LogP contribution in [-0.4, -0.2) is 17.7 Å². The van der Waals surface area contributed by atoms with Crippen molar-refractivity contribution in [2.75, 3.05) is 6.61 Å². The zero-order valence-electron chi connectivity index (χ0n) is 10.1. The molecule has 2 unspecified atom stereocenters. The van der Waals surface area contributed by atoms with E-state index in [1.165, 1.54) is 11.1 Å². The second kappa shape index (κ2) is 3.25. The summed E-state index contributed by atoms with van der Waals surface area (Å²) < 4.78 is 5.67. The van der Waals surface area contributed by atoms with Gasteiger partial charge in [0, 0.05) is 11.0 Å². The number of carbonyl (C=O) groups is 1. The molecule has 0 aromatic heterocycles. The van der Waals surface area contributed by atoms with Crippen molar-refractivity contribution in [3.05, 3.63) is 28.8 Å². The zero-order chi connectivity index (χ0) is 12.2. The molecule has 1 fully saturated rings. The average Bonchev–Trinajstić information content (AvgIpc) is 2.97. The van der Waals surface area contributed by atoms with Crippen LogP contribution in [0.3, 0.4) is 0 Å². The summed E-state index contributed by atoms with van der Waals surface area (Å²) in [6.07, 6.45) is 1.60. The third kappa shape index (κ3) is 1.38. The van der Waals surface area contributed by atoms with Crippen molar-refractivity contribution >= 4 is 5.97 Å². The number of benzene rings is 1. The summed E-state index contributed by atoms with van der Waals surface area (Å²) in [4.78, 5) is 11.2. The predicted octanol–water partition coefficient (Wildman–Crippen LogP) is 2.43. The highest BCUT2D eigenvalue weighted by Gasteiger charge is 2.61. The first-order chi connectivity index (χ1) is 8.04. The van der Waals surface area contributed by atoms with Gasteiger partial charge in [0.15, 0.2) is 0 Å². The van der Waals surface area contributed by atoms with Crippen LogP contribution >= 0.6 is 0 Å². The first kappa shape index (κ1) is 10.6. The van der Waals surface area contributed by atoms with Gasteiger partial charge in [0.25, 0.3) is 0 Å². The normalized spacial score (nSPS) is 29.6. The Hall–Kier alpha value is -1.51. The van der Waals surface area contributed by atoms with Crippen molar-refractivity contribution < 1.29 is 14.6 Å². The van der Waals surface area contributed by atoms with E-state index in [2.05, 4.69) is 19.9 Å². The second-order valence-corrected chi connectivity index (χ2v) is 5.28. The van der Waals surface area contributed by atoms with Crippen LogP contribution < -0.4 is 4.74 Å². The molecule has 0 radical (unpaired) electrons. The van der Waals surface area contributed by atoms with Gasteiger partial charge in [-0.25, -0.2) is 0 Å². The fraction of sp³-hybridized carbons (Fsp3) is 0.500. The van der Waals surface area contributed by atoms with Crippen LogP contribution in [0.4, 0.5) is 0 Å². The Balaban J connectivity index is 2.10. The summed E-state index contributed by atoms with van der Waals surface area (Å²) in [6.45, 7) is 4.76. The summed E-state index contributed by atoms with van der Waals surface area (Å²) in [5.41, 5.74) is 3.38. The van der Waals surface area contributed by atoms with Crippen LogP contribution in [0.15, 0.2) is 12.1 Å². The highest BCUT2D eigenvalue weighted by Crippen LogP contribution is 2.60. The van der Waals surface area contributed by atoms with Gasteiger partial charge in [-0.05, 0) is 43.9 Å². The molecule has 2 aliphatic rings. The number of hydrogen-bond donors (Lipinski definition) is 1. The number of carboxylic acid groups (broad SMARTS) is 1. The molecule has 90 valence electrons. The van der Waals surface area contributed by atoms with Crippen molar-refractivity contribution in [2.24, 2.45) is 5.92 Å². The Labute approximate surface area is 100 Å². The quantitative estimate of drug-likeness (QED) is 0.808. The highest BCUT2D eigenvalue weighted by atomic mass is 16.5. The van der Waals surface area contributed by atoms with E-state index in [-0.39, 0.29) is 11.3 Å². The molecule has 0 bridgehead atoms. The maximum atomic E-state index is 11.2. The number of rotatable bonds is 1. The maximum absolute atomic E-state index is 11.2. The molecule has 1 aliphatic heterocycles. The summed E-state index contributed by atoms with van der Waals surface area (Å²) in [5.74, 6) is 0.00596. The number of aryl methyl sites for hydroxylation is 2. The Kier molecular flexibility index (Phi) is 2.03. The molecule has 1 N–H and O–H groups in total. The molecule has 1 aliphatic carbocycles. The lowest BCUT2D eigenvalue weighted by molar-refractivity contribution is -0.139. The van der Waals surface area contributed by atoms with Crippen molar-refractivity contribution in [3.8, 4) is 5.75 Å². The lowest BCUT2D eigenvalue weighted by atomic mass is 9.85. The van der Waals surface area contributed by atoms with Gasteiger partial charge in [0.05, 0.1) is 12.5 Å².